The van der Waals surface area contributed by atoms with Crippen LogP contribution in [0.2, 0.25) is 0 Å². The van der Waals surface area contributed by atoms with Crippen LogP contribution < -0.4 is 0 Å². The van der Waals surface area contributed by atoms with Crippen LogP contribution in [0.4, 0.5) is 0 Å². The quantitative estimate of drug-likeness (QED) is 0.726. The number of hydrogen-bond acceptors (Lipinski definition) is 3. The van der Waals surface area contributed by atoms with Gasteiger partial charge in [-0.2, -0.15) is 0 Å². The van der Waals surface area contributed by atoms with E-state index in [9.17, 15) is 4.79 Å². The van der Waals surface area contributed by atoms with Gasteiger partial charge < -0.3 is 4.74 Å². The zero-order chi connectivity index (χ0) is 13.8. The van der Waals surface area contributed by atoms with Crippen molar-refractivity contribution in [3.8, 4) is 0 Å². The Labute approximate surface area is 112 Å². The van der Waals surface area contributed by atoms with Gasteiger partial charge in [-0.15, -0.1) is 0 Å². The van der Waals surface area contributed by atoms with E-state index in [1.165, 1.54) is 19.3 Å². The summed E-state index contributed by atoms with van der Waals surface area (Å²) < 4.78 is 5.11. The molecule has 0 amide bonds. The van der Waals surface area contributed by atoms with Crippen LogP contribution in [0.5, 0.6) is 0 Å². The topological polar surface area (TPSA) is 29.5 Å². The lowest BCUT2D eigenvalue weighted by atomic mass is 9.77. The Hall–Kier alpha value is -0.570. The van der Waals surface area contributed by atoms with Crippen molar-refractivity contribution in [2.75, 3.05) is 19.7 Å². The summed E-state index contributed by atoms with van der Waals surface area (Å²) in [5.41, 5.74) is 0.378. The molecule has 0 saturated carbocycles. The lowest BCUT2D eigenvalue weighted by molar-refractivity contribution is -0.148. The standard InChI is InChI=1S/C15H29NO2/c1-6-18-14(17)12(2)16-10-7-8-13(9-11-16)15(3,4)5/h12-13H,6-11H2,1-5H3. The van der Waals surface area contributed by atoms with E-state index in [1.807, 2.05) is 13.8 Å². The number of hydrogen-bond donors (Lipinski definition) is 0. The molecule has 3 heteroatoms. The first-order valence-corrected chi connectivity index (χ1v) is 7.27. The number of ether oxygens (including phenoxy) is 1. The molecule has 1 rings (SSSR count). The van der Waals surface area contributed by atoms with Gasteiger partial charge >= 0.3 is 5.97 Å². The maximum absolute atomic E-state index is 11.8. The Morgan fingerprint density at radius 2 is 2.00 bits per heavy atom. The summed E-state index contributed by atoms with van der Waals surface area (Å²) in [4.78, 5) is 14.1. The molecular formula is C15H29NO2. The minimum atomic E-state index is -0.0938. The first-order chi connectivity index (χ1) is 8.36. The van der Waals surface area contributed by atoms with Crippen molar-refractivity contribution in [2.24, 2.45) is 11.3 Å². The zero-order valence-corrected chi connectivity index (χ0v) is 12.7. The van der Waals surface area contributed by atoms with E-state index in [2.05, 4.69) is 25.7 Å². The van der Waals surface area contributed by atoms with Crippen LogP contribution in [0.1, 0.15) is 53.9 Å². The van der Waals surface area contributed by atoms with E-state index in [0.29, 0.717) is 12.0 Å². The van der Waals surface area contributed by atoms with E-state index in [1.54, 1.807) is 0 Å². The van der Waals surface area contributed by atoms with Crippen molar-refractivity contribution in [2.45, 2.75) is 59.9 Å². The lowest BCUT2D eigenvalue weighted by Gasteiger charge is -2.30. The van der Waals surface area contributed by atoms with Crippen LogP contribution in [0, 0.1) is 11.3 Å². The van der Waals surface area contributed by atoms with Gasteiger partial charge in [0, 0.05) is 0 Å². The van der Waals surface area contributed by atoms with Crippen molar-refractivity contribution < 1.29 is 9.53 Å². The first-order valence-electron chi connectivity index (χ1n) is 7.27. The van der Waals surface area contributed by atoms with Gasteiger partial charge in [-0.1, -0.05) is 20.8 Å². The minimum Gasteiger partial charge on any atom is -0.465 e. The highest BCUT2D eigenvalue weighted by Crippen LogP contribution is 2.34. The molecule has 2 atom stereocenters. The number of carbonyl (C=O) groups excluding carboxylic acids is 1. The molecule has 0 aromatic heterocycles. The van der Waals surface area contributed by atoms with Crippen LogP contribution in [0.3, 0.4) is 0 Å². The number of likely N-dealkylation sites (tertiary alicyclic amines) is 1. The summed E-state index contributed by atoms with van der Waals surface area (Å²) in [6, 6.07) is -0.0938. The van der Waals surface area contributed by atoms with Crippen molar-refractivity contribution in [3.05, 3.63) is 0 Å². The fourth-order valence-corrected chi connectivity index (χ4v) is 2.78. The van der Waals surface area contributed by atoms with Gasteiger partial charge in [0.1, 0.15) is 6.04 Å². The maximum Gasteiger partial charge on any atom is 0.323 e. The molecule has 0 aromatic rings. The first kappa shape index (κ1) is 15.5. The molecule has 106 valence electrons. The molecule has 0 spiro atoms. The largest absolute Gasteiger partial charge is 0.465 e. The summed E-state index contributed by atoms with van der Waals surface area (Å²) in [7, 11) is 0. The summed E-state index contributed by atoms with van der Waals surface area (Å²) in [5.74, 6) is 0.684. The van der Waals surface area contributed by atoms with Gasteiger partial charge in [0.25, 0.3) is 0 Å². The number of nitrogens with zero attached hydrogens (tertiary/aromatic N) is 1. The van der Waals surface area contributed by atoms with Crippen LogP contribution in [-0.4, -0.2) is 36.6 Å². The van der Waals surface area contributed by atoms with Crippen molar-refractivity contribution in [3.63, 3.8) is 0 Å². The normalized spacial score (nSPS) is 24.4. The average Bonchev–Trinajstić information content (AvgIpc) is 2.53. The third-order valence-corrected chi connectivity index (χ3v) is 4.16. The Bertz CT molecular complexity index is 270. The van der Waals surface area contributed by atoms with E-state index in [-0.39, 0.29) is 12.0 Å². The second kappa shape index (κ2) is 6.55. The molecule has 0 radical (unpaired) electrons. The van der Waals surface area contributed by atoms with Crippen LogP contribution in [0.15, 0.2) is 0 Å². The smallest absolute Gasteiger partial charge is 0.323 e. The third kappa shape index (κ3) is 4.27. The fraction of sp³-hybridized carbons (Fsp3) is 0.933. The Kier molecular flexibility index (Phi) is 5.64. The molecule has 1 aliphatic heterocycles. The Morgan fingerprint density at radius 1 is 1.33 bits per heavy atom. The number of rotatable bonds is 3. The number of carbonyl (C=O) groups is 1. The van der Waals surface area contributed by atoms with Gasteiger partial charge in [0.15, 0.2) is 0 Å². The van der Waals surface area contributed by atoms with Crippen LogP contribution in [0.25, 0.3) is 0 Å². The minimum absolute atomic E-state index is 0.0771. The molecule has 1 fully saturated rings. The maximum atomic E-state index is 11.8. The second-order valence-electron chi connectivity index (χ2n) is 6.46. The molecule has 1 saturated heterocycles. The van der Waals surface area contributed by atoms with Gasteiger partial charge in [-0.05, 0) is 57.5 Å². The Balaban J connectivity index is 2.54. The number of esters is 1. The SMILES string of the molecule is CCOC(=O)C(C)N1CCCC(C(C)(C)C)CC1. The predicted molar refractivity (Wildman–Crippen MR) is 74.5 cm³/mol. The van der Waals surface area contributed by atoms with E-state index in [4.69, 9.17) is 4.74 Å². The zero-order valence-electron chi connectivity index (χ0n) is 12.7. The Morgan fingerprint density at radius 3 is 2.56 bits per heavy atom. The highest BCUT2D eigenvalue weighted by atomic mass is 16.5. The summed E-state index contributed by atoms with van der Waals surface area (Å²) in [6.45, 7) is 13.3. The molecular weight excluding hydrogens is 226 g/mol. The molecule has 18 heavy (non-hydrogen) atoms. The van der Waals surface area contributed by atoms with Crippen molar-refractivity contribution >= 4 is 5.97 Å². The predicted octanol–water partition coefficient (Wildman–Crippen LogP) is 3.09. The fourth-order valence-electron chi connectivity index (χ4n) is 2.78. The van der Waals surface area contributed by atoms with E-state index < -0.39 is 0 Å². The van der Waals surface area contributed by atoms with Gasteiger partial charge in [0.05, 0.1) is 6.61 Å². The summed E-state index contributed by atoms with van der Waals surface area (Å²) in [6.07, 6.45) is 3.65. The molecule has 0 aliphatic carbocycles. The van der Waals surface area contributed by atoms with Gasteiger partial charge in [-0.3, -0.25) is 9.69 Å². The molecule has 3 nitrogen and oxygen atoms in total. The third-order valence-electron chi connectivity index (χ3n) is 4.16. The van der Waals surface area contributed by atoms with Crippen LogP contribution >= 0.6 is 0 Å². The molecule has 0 aromatic carbocycles. The molecule has 0 N–H and O–H groups in total. The molecule has 2 unspecified atom stereocenters. The highest BCUT2D eigenvalue weighted by Gasteiger charge is 2.30. The van der Waals surface area contributed by atoms with Gasteiger partial charge in [0.2, 0.25) is 0 Å². The molecule has 0 bridgehead atoms. The van der Waals surface area contributed by atoms with Crippen LogP contribution in [-0.2, 0) is 9.53 Å². The van der Waals surface area contributed by atoms with Crippen molar-refractivity contribution in [1.29, 1.82) is 0 Å². The van der Waals surface area contributed by atoms with Gasteiger partial charge in [-0.25, -0.2) is 0 Å². The molecule has 1 heterocycles. The van der Waals surface area contributed by atoms with E-state index in [0.717, 1.165) is 19.0 Å². The van der Waals surface area contributed by atoms with E-state index >= 15 is 0 Å². The second-order valence-corrected chi connectivity index (χ2v) is 6.46. The highest BCUT2D eigenvalue weighted by molar-refractivity contribution is 5.75. The lowest BCUT2D eigenvalue weighted by Crippen LogP contribution is -2.40. The monoisotopic (exact) mass is 255 g/mol. The van der Waals surface area contributed by atoms with Crippen molar-refractivity contribution in [1.82, 2.24) is 4.90 Å². The summed E-state index contributed by atoms with van der Waals surface area (Å²) in [5, 5.41) is 0. The average molecular weight is 255 g/mol. The summed E-state index contributed by atoms with van der Waals surface area (Å²) >= 11 is 0. The molecule has 1 aliphatic rings.